The maximum Gasteiger partial charge on any atom is 0.279 e. The average Bonchev–Trinajstić information content (AvgIpc) is 3.28. The molecule has 0 saturated carbocycles. The van der Waals surface area contributed by atoms with Crippen LogP contribution in [0, 0.1) is 0 Å². The van der Waals surface area contributed by atoms with Crippen LogP contribution in [0.25, 0.3) is 0 Å². The third kappa shape index (κ3) is 4.73. The second kappa shape index (κ2) is 8.02. The van der Waals surface area contributed by atoms with Crippen molar-refractivity contribution in [3.8, 4) is 5.75 Å². The summed E-state index contributed by atoms with van der Waals surface area (Å²) in [6.45, 7) is 2.14. The van der Waals surface area contributed by atoms with E-state index in [2.05, 4.69) is 22.2 Å². The summed E-state index contributed by atoms with van der Waals surface area (Å²) in [4.78, 5) is 12.1. The van der Waals surface area contributed by atoms with E-state index in [4.69, 9.17) is 21.4 Å². The van der Waals surface area contributed by atoms with Crippen molar-refractivity contribution in [2.24, 2.45) is 0 Å². The van der Waals surface area contributed by atoms with Gasteiger partial charge in [-0.25, -0.2) is 0 Å². The van der Waals surface area contributed by atoms with Crippen LogP contribution in [0.15, 0.2) is 41.0 Å². The molecule has 0 spiro atoms. The molecule has 1 atom stereocenters. The zero-order valence-corrected chi connectivity index (χ0v) is 14.8. The fourth-order valence-corrected chi connectivity index (χ4v) is 2.85. The van der Waals surface area contributed by atoms with E-state index in [0.29, 0.717) is 17.4 Å². The second-order valence-electron chi connectivity index (χ2n) is 5.92. The van der Waals surface area contributed by atoms with E-state index < -0.39 is 6.10 Å². The molecule has 25 heavy (non-hydrogen) atoms. The molecule has 3 N–H and O–H groups in total. The fourth-order valence-electron chi connectivity index (χ4n) is 2.72. The second-order valence-corrected chi connectivity index (χ2v) is 6.33. The van der Waals surface area contributed by atoms with Crippen LogP contribution in [0.4, 0.5) is 0 Å². The van der Waals surface area contributed by atoms with E-state index in [1.54, 1.807) is 19.3 Å². The van der Waals surface area contributed by atoms with Crippen molar-refractivity contribution < 1.29 is 13.9 Å². The molecule has 0 fully saturated rings. The number of carbonyl (C=O) groups excluding carboxylic acids is 1. The van der Waals surface area contributed by atoms with E-state index in [-0.39, 0.29) is 5.91 Å². The van der Waals surface area contributed by atoms with Crippen LogP contribution in [-0.4, -0.2) is 17.1 Å². The Morgan fingerprint density at radius 3 is 2.92 bits per heavy atom. The van der Waals surface area contributed by atoms with E-state index in [0.717, 1.165) is 18.6 Å². The maximum absolute atomic E-state index is 12.1. The van der Waals surface area contributed by atoms with Crippen molar-refractivity contribution >= 4 is 23.2 Å². The van der Waals surface area contributed by atoms with Crippen LogP contribution >= 0.6 is 12.2 Å². The number of nitrogens with one attached hydrogen (secondary N) is 3. The summed E-state index contributed by atoms with van der Waals surface area (Å²) < 4.78 is 10.9. The normalized spacial score (nSPS) is 13.6. The molecule has 1 aliphatic rings. The number of hydrogen-bond acceptors (Lipinski definition) is 4. The predicted molar refractivity (Wildman–Crippen MR) is 98.0 cm³/mol. The van der Waals surface area contributed by atoms with Crippen LogP contribution in [0.3, 0.4) is 0 Å². The first-order valence-corrected chi connectivity index (χ1v) is 8.67. The monoisotopic (exact) mass is 359 g/mol. The van der Waals surface area contributed by atoms with E-state index in [1.165, 1.54) is 17.5 Å². The Balaban J connectivity index is 1.42. The molecule has 0 saturated heterocycles. The highest BCUT2D eigenvalue weighted by molar-refractivity contribution is 7.80. The summed E-state index contributed by atoms with van der Waals surface area (Å²) in [5.41, 5.74) is 7.87. The molecule has 0 aliphatic heterocycles. The molecule has 7 heteroatoms. The molecule has 1 amide bonds. The van der Waals surface area contributed by atoms with Gasteiger partial charge in [-0.1, -0.05) is 6.07 Å². The molecule has 0 bridgehead atoms. The number of carbonyl (C=O) groups is 1. The van der Waals surface area contributed by atoms with Gasteiger partial charge in [-0.05, 0) is 73.8 Å². The third-order valence-corrected chi connectivity index (χ3v) is 4.30. The molecule has 1 heterocycles. The summed E-state index contributed by atoms with van der Waals surface area (Å²) >= 11 is 5.10. The van der Waals surface area contributed by atoms with Crippen LogP contribution in [0.2, 0.25) is 0 Å². The van der Waals surface area contributed by atoms with Gasteiger partial charge in [-0.2, -0.15) is 0 Å². The number of amides is 1. The van der Waals surface area contributed by atoms with Crippen LogP contribution in [-0.2, 0) is 24.2 Å². The van der Waals surface area contributed by atoms with Gasteiger partial charge in [0, 0.05) is 0 Å². The minimum Gasteiger partial charge on any atom is -0.481 e. The summed E-state index contributed by atoms with van der Waals surface area (Å²) in [6.07, 6.45) is 4.33. The van der Waals surface area contributed by atoms with Crippen molar-refractivity contribution in [3.05, 3.63) is 53.5 Å². The number of benzene rings is 1. The predicted octanol–water partition coefficient (Wildman–Crippen LogP) is 2.23. The lowest BCUT2D eigenvalue weighted by Crippen LogP contribution is -2.50. The number of fused-ring (bicyclic) bond motifs is 1. The number of furan rings is 1. The summed E-state index contributed by atoms with van der Waals surface area (Å²) in [5, 5.41) is 3.23. The molecule has 132 valence electrons. The van der Waals surface area contributed by atoms with Crippen molar-refractivity contribution in [3.63, 3.8) is 0 Å². The Bertz CT molecular complexity index is 746. The number of hydrogen-bond donors (Lipinski definition) is 3. The highest BCUT2D eigenvalue weighted by Crippen LogP contribution is 2.26. The van der Waals surface area contributed by atoms with Crippen LogP contribution < -0.4 is 20.9 Å². The van der Waals surface area contributed by atoms with Gasteiger partial charge in [0.25, 0.3) is 5.91 Å². The lowest BCUT2D eigenvalue weighted by atomic mass is 10.1. The van der Waals surface area contributed by atoms with Crippen molar-refractivity contribution in [1.29, 1.82) is 0 Å². The van der Waals surface area contributed by atoms with Crippen molar-refractivity contribution in [2.75, 3.05) is 0 Å². The van der Waals surface area contributed by atoms with Crippen LogP contribution in [0.5, 0.6) is 5.75 Å². The molecular weight excluding hydrogens is 338 g/mol. The number of thiocarbonyl (C=S) groups is 1. The Morgan fingerprint density at radius 2 is 2.12 bits per heavy atom. The molecule has 6 nitrogen and oxygen atoms in total. The van der Waals surface area contributed by atoms with Gasteiger partial charge in [-0.15, -0.1) is 0 Å². The Labute approximate surface area is 151 Å². The Hall–Kier alpha value is -2.54. The van der Waals surface area contributed by atoms with Crippen LogP contribution in [0.1, 0.15) is 30.2 Å². The topological polar surface area (TPSA) is 75.5 Å². The first-order valence-electron chi connectivity index (χ1n) is 8.26. The van der Waals surface area contributed by atoms with E-state index in [9.17, 15) is 4.79 Å². The van der Waals surface area contributed by atoms with Gasteiger partial charge >= 0.3 is 0 Å². The Morgan fingerprint density at radius 1 is 1.28 bits per heavy atom. The van der Waals surface area contributed by atoms with Gasteiger partial charge in [0.05, 0.1) is 12.8 Å². The van der Waals surface area contributed by atoms with Gasteiger partial charge in [0.15, 0.2) is 11.2 Å². The fraction of sp³-hybridized carbons (Fsp3) is 0.333. The van der Waals surface area contributed by atoms with Gasteiger partial charge < -0.3 is 14.5 Å². The molecule has 3 rings (SSSR count). The van der Waals surface area contributed by atoms with Gasteiger partial charge in [0.1, 0.15) is 11.5 Å². The van der Waals surface area contributed by atoms with E-state index in [1.807, 2.05) is 18.2 Å². The number of aryl methyl sites for hydroxylation is 2. The summed E-state index contributed by atoms with van der Waals surface area (Å²) in [7, 11) is 0. The highest BCUT2D eigenvalue weighted by Gasteiger charge is 2.17. The number of ether oxygens (including phenoxy) is 1. The maximum atomic E-state index is 12.1. The van der Waals surface area contributed by atoms with Gasteiger partial charge in [0.2, 0.25) is 0 Å². The number of rotatable bonds is 5. The average molecular weight is 359 g/mol. The van der Waals surface area contributed by atoms with Crippen molar-refractivity contribution in [1.82, 2.24) is 16.2 Å². The zero-order valence-electron chi connectivity index (χ0n) is 14.0. The highest BCUT2D eigenvalue weighted by atomic mass is 32.1. The van der Waals surface area contributed by atoms with Gasteiger partial charge in [-0.3, -0.25) is 15.6 Å². The smallest absolute Gasteiger partial charge is 0.279 e. The number of hydrazine groups is 1. The molecule has 1 unspecified atom stereocenters. The Kier molecular flexibility index (Phi) is 5.55. The third-order valence-electron chi connectivity index (χ3n) is 4.05. The summed E-state index contributed by atoms with van der Waals surface area (Å²) in [5.74, 6) is 1.16. The standard InChI is InChI=1S/C18H21N3O3S/c1-12(24-15-8-7-13-4-2-5-14(13)10-15)17(22)20-21-18(25)19-11-16-6-3-9-23-16/h3,6-10,12H,2,4-5,11H2,1H3,(H,20,22)(H2,19,21,25). The SMILES string of the molecule is CC(Oc1ccc2c(c1)CCC2)C(=O)NNC(=S)NCc1ccco1. The molecule has 1 aromatic carbocycles. The molecule has 2 aromatic rings. The zero-order chi connectivity index (χ0) is 17.6. The minimum atomic E-state index is -0.639. The molecule has 1 aliphatic carbocycles. The minimum absolute atomic E-state index is 0.300. The molecular formula is C18H21N3O3S. The first-order chi connectivity index (χ1) is 12.1. The molecule has 1 aromatic heterocycles. The lowest BCUT2D eigenvalue weighted by molar-refractivity contribution is -0.127. The lowest BCUT2D eigenvalue weighted by Gasteiger charge is -2.17. The van der Waals surface area contributed by atoms with E-state index >= 15 is 0 Å². The van der Waals surface area contributed by atoms with Crippen molar-refractivity contribution in [2.45, 2.75) is 38.8 Å². The largest absolute Gasteiger partial charge is 0.481 e. The molecule has 0 radical (unpaired) electrons. The summed E-state index contributed by atoms with van der Waals surface area (Å²) in [6, 6.07) is 9.65. The first kappa shape index (κ1) is 17.3. The quantitative estimate of drug-likeness (QED) is 0.561.